The van der Waals surface area contributed by atoms with Crippen LogP contribution in [0.4, 0.5) is 0 Å². The minimum atomic E-state index is -3.84. The van der Waals surface area contributed by atoms with Crippen molar-refractivity contribution in [3.05, 3.63) is 54.0 Å². The van der Waals surface area contributed by atoms with Crippen LogP contribution < -0.4 is 10.0 Å². The number of hydrogen-bond donors (Lipinski definition) is 2. The van der Waals surface area contributed by atoms with Crippen molar-refractivity contribution in [1.29, 1.82) is 0 Å². The highest BCUT2D eigenvalue weighted by Gasteiger charge is 2.26. The van der Waals surface area contributed by atoms with Crippen molar-refractivity contribution in [2.75, 3.05) is 19.8 Å². The third-order valence-corrected chi connectivity index (χ3v) is 5.56. The Bertz CT molecular complexity index is 844. The summed E-state index contributed by atoms with van der Waals surface area (Å²) in [5, 5.41) is 2.71. The summed E-state index contributed by atoms with van der Waals surface area (Å²) in [5.74, 6) is -0.00980. The molecule has 0 unspecified atom stereocenters. The third kappa shape index (κ3) is 7.28. The number of furan rings is 1. The third-order valence-electron chi connectivity index (χ3n) is 4.08. The van der Waals surface area contributed by atoms with Gasteiger partial charge in [-0.25, -0.2) is 8.42 Å². The second-order valence-electron chi connectivity index (χ2n) is 6.35. The molecule has 1 heterocycles. The van der Waals surface area contributed by atoms with Gasteiger partial charge in [-0.05, 0) is 45.0 Å². The number of ether oxygens (including phenoxy) is 2. The molecule has 1 aromatic heterocycles. The van der Waals surface area contributed by atoms with Gasteiger partial charge in [-0.15, -0.1) is 0 Å². The van der Waals surface area contributed by atoms with Crippen LogP contribution in [0.15, 0.2) is 52.0 Å². The van der Waals surface area contributed by atoms with Crippen LogP contribution in [0, 0.1) is 6.92 Å². The van der Waals surface area contributed by atoms with Gasteiger partial charge in [-0.1, -0.05) is 17.7 Å². The van der Waals surface area contributed by atoms with Crippen LogP contribution >= 0.6 is 0 Å². The first kappa shape index (κ1) is 23.1. The topological polar surface area (TPSA) is 107 Å². The smallest absolute Gasteiger partial charge is 0.241 e. The molecule has 9 heteroatoms. The Labute approximate surface area is 171 Å². The minimum absolute atomic E-state index is 0.118. The fraction of sp³-hybridized carbons (Fsp3) is 0.450. The predicted octanol–water partition coefficient (Wildman–Crippen LogP) is 2.51. The summed E-state index contributed by atoms with van der Waals surface area (Å²) in [4.78, 5) is 12.5. The Morgan fingerprint density at radius 1 is 1.10 bits per heavy atom. The zero-order valence-electron chi connectivity index (χ0n) is 16.9. The number of carbonyl (C=O) groups excluding carboxylic acids is 1. The maximum Gasteiger partial charge on any atom is 0.241 e. The van der Waals surface area contributed by atoms with Crippen molar-refractivity contribution in [2.24, 2.45) is 0 Å². The lowest BCUT2D eigenvalue weighted by molar-refractivity contribution is -0.140. The zero-order chi connectivity index (χ0) is 21.3. The molecular formula is C20H28N2O6S. The lowest BCUT2D eigenvalue weighted by atomic mass is 10.1. The highest BCUT2D eigenvalue weighted by Crippen LogP contribution is 2.21. The van der Waals surface area contributed by atoms with E-state index < -0.39 is 22.4 Å². The van der Waals surface area contributed by atoms with Gasteiger partial charge < -0.3 is 19.2 Å². The molecule has 0 aliphatic heterocycles. The Morgan fingerprint density at radius 2 is 1.76 bits per heavy atom. The van der Waals surface area contributed by atoms with Gasteiger partial charge in [0, 0.05) is 13.2 Å². The molecule has 2 aromatic rings. The van der Waals surface area contributed by atoms with Crippen LogP contribution in [0.5, 0.6) is 0 Å². The summed E-state index contributed by atoms with van der Waals surface area (Å²) in [6.07, 6.45) is 0.741. The van der Waals surface area contributed by atoms with Crippen LogP contribution in [0.2, 0.25) is 0 Å². The maximum atomic E-state index is 12.7. The number of aryl methyl sites for hydroxylation is 1. The molecule has 0 aliphatic rings. The Kier molecular flexibility index (Phi) is 8.84. The van der Waals surface area contributed by atoms with E-state index in [1.54, 1.807) is 24.3 Å². The van der Waals surface area contributed by atoms with Crippen LogP contribution in [-0.2, 0) is 24.3 Å². The van der Waals surface area contributed by atoms with Crippen molar-refractivity contribution >= 4 is 15.9 Å². The number of carbonyl (C=O) groups is 1. The maximum absolute atomic E-state index is 12.7. The highest BCUT2D eigenvalue weighted by atomic mass is 32.2. The molecule has 1 amide bonds. The van der Waals surface area contributed by atoms with Crippen LogP contribution in [0.3, 0.4) is 0 Å². The summed E-state index contributed by atoms with van der Waals surface area (Å²) in [7, 11) is -3.84. The summed E-state index contributed by atoms with van der Waals surface area (Å²) in [6, 6.07) is 8.88. The summed E-state index contributed by atoms with van der Waals surface area (Å²) >= 11 is 0. The normalized spacial score (nSPS) is 12.8. The average molecular weight is 425 g/mol. The first-order chi connectivity index (χ1) is 13.9. The Balaban J connectivity index is 2.07. The molecule has 0 radical (unpaired) electrons. The van der Waals surface area contributed by atoms with Crippen molar-refractivity contribution in [3.8, 4) is 0 Å². The van der Waals surface area contributed by atoms with Gasteiger partial charge in [-0.2, -0.15) is 4.72 Å². The molecule has 0 bridgehead atoms. The molecule has 0 aliphatic carbocycles. The van der Waals surface area contributed by atoms with Crippen LogP contribution in [0.1, 0.15) is 37.6 Å². The van der Waals surface area contributed by atoms with E-state index in [0.29, 0.717) is 19.0 Å². The zero-order valence-corrected chi connectivity index (χ0v) is 17.7. The molecule has 1 atom stereocenters. The van der Waals surface area contributed by atoms with Gasteiger partial charge in [0.1, 0.15) is 5.76 Å². The Morgan fingerprint density at radius 3 is 2.31 bits per heavy atom. The van der Waals surface area contributed by atoms with Crippen LogP contribution in [0.25, 0.3) is 0 Å². The quantitative estimate of drug-likeness (QED) is 0.507. The minimum Gasteiger partial charge on any atom is -0.468 e. The van der Waals surface area contributed by atoms with Gasteiger partial charge in [0.25, 0.3) is 0 Å². The second kappa shape index (κ2) is 11.1. The predicted molar refractivity (Wildman–Crippen MR) is 108 cm³/mol. The molecule has 1 aromatic carbocycles. The van der Waals surface area contributed by atoms with E-state index in [0.717, 1.165) is 5.56 Å². The number of rotatable bonds is 12. The highest BCUT2D eigenvalue weighted by molar-refractivity contribution is 7.89. The lowest BCUT2D eigenvalue weighted by Gasteiger charge is -2.19. The molecule has 8 nitrogen and oxygen atoms in total. The molecular weight excluding hydrogens is 396 g/mol. The number of benzene rings is 1. The first-order valence-corrected chi connectivity index (χ1v) is 11.0. The fourth-order valence-electron chi connectivity index (χ4n) is 2.66. The van der Waals surface area contributed by atoms with E-state index in [2.05, 4.69) is 10.0 Å². The van der Waals surface area contributed by atoms with Crippen molar-refractivity contribution in [2.45, 2.75) is 44.4 Å². The molecule has 0 saturated heterocycles. The lowest BCUT2D eigenvalue weighted by Crippen LogP contribution is -2.38. The number of hydrogen-bond acceptors (Lipinski definition) is 6. The standard InChI is InChI=1S/C20H28N2O6S/c1-4-26-20(27-5-2)14-21-19(23)13-17(18-7-6-12-28-18)22-29(24,25)16-10-8-15(3)9-11-16/h6-12,17,20,22H,4-5,13-14H2,1-3H3,(H,21,23)/t17-/m0/s1. The van der Waals surface area contributed by atoms with Crippen molar-refractivity contribution in [3.63, 3.8) is 0 Å². The number of sulfonamides is 1. The van der Waals surface area contributed by atoms with Gasteiger partial charge in [-0.3, -0.25) is 4.79 Å². The molecule has 29 heavy (non-hydrogen) atoms. The molecule has 0 fully saturated rings. The van der Waals surface area contributed by atoms with Crippen LogP contribution in [-0.4, -0.2) is 40.4 Å². The van der Waals surface area contributed by atoms with Gasteiger partial charge in [0.15, 0.2) is 6.29 Å². The van der Waals surface area contributed by atoms with E-state index in [4.69, 9.17) is 13.9 Å². The summed E-state index contributed by atoms with van der Waals surface area (Å²) in [5.41, 5.74) is 0.948. The van der Waals surface area contributed by atoms with Gasteiger partial charge in [0.05, 0.1) is 30.2 Å². The molecule has 0 saturated carbocycles. The van der Waals surface area contributed by atoms with Gasteiger partial charge >= 0.3 is 0 Å². The number of nitrogens with one attached hydrogen (secondary N) is 2. The number of amides is 1. The molecule has 2 N–H and O–H groups in total. The summed E-state index contributed by atoms with van der Waals surface area (Å²) < 4.78 is 44.2. The summed E-state index contributed by atoms with van der Waals surface area (Å²) in [6.45, 7) is 6.60. The van der Waals surface area contributed by atoms with E-state index in [1.807, 2.05) is 20.8 Å². The average Bonchev–Trinajstić information content (AvgIpc) is 3.21. The molecule has 160 valence electrons. The van der Waals surface area contributed by atoms with Crippen molar-refractivity contribution in [1.82, 2.24) is 10.0 Å². The molecule has 2 rings (SSSR count). The second-order valence-corrected chi connectivity index (χ2v) is 8.06. The van der Waals surface area contributed by atoms with E-state index >= 15 is 0 Å². The Hall–Kier alpha value is -2.20. The first-order valence-electron chi connectivity index (χ1n) is 9.48. The van der Waals surface area contributed by atoms with E-state index in [1.165, 1.54) is 18.4 Å². The van der Waals surface area contributed by atoms with E-state index in [9.17, 15) is 13.2 Å². The van der Waals surface area contributed by atoms with Crippen molar-refractivity contribution < 1.29 is 27.1 Å². The monoisotopic (exact) mass is 424 g/mol. The van der Waals surface area contributed by atoms with E-state index in [-0.39, 0.29) is 23.8 Å². The fourth-order valence-corrected chi connectivity index (χ4v) is 3.86. The molecule has 0 spiro atoms. The van der Waals surface area contributed by atoms with Gasteiger partial charge in [0.2, 0.25) is 15.9 Å². The largest absolute Gasteiger partial charge is 0.468 e. The SMILES string of the molecule is CCOC(CNC(=O)C[C@H](NS(=O)(=O)c1ccc(C)cc1)c1ccco1)OCC.